The Morgan fingerprint density at radius 3 is 2.83 bits per heavy atom. The number of piperidine rings is 1. The molecule has 1 saturated heterocycles. The zero-order valence-corrected chi connectivity index (χ0v) is 14.6. The molecule has 2 aliphatic rings. The van der Waals surface area contributed by atoms with Gasteiger partial charge in [0.05, 0.1) is 13.2 Å². The topological polar surface area (TPSA) is 61.8 Å². The third kappa shape index (κ3) is 4.28. The molecule has 0 unspecified atom stereocenters. The van der Waals surface area contributed by atoms with Crippen LogP contribution in [0, 0.1) is 18.8 Å². The van der Waals surface area contributed by atoms with Crippen molar-refractivity contribution in [2.24, 2.45) is 11.8 Å². The number of ether oxygens (including phenoxy) is 1. The number of nitrogens with zero attached hydrogens (tertiary/aromatic N) is 1. The zero-order valence-electron chi connectivity index (χ0n) is 14.6. The van der Waals surface area contributed by atoms with Crippen LogP contribution < -0.4 is 10.1 Å². The largest absolute Gasteiger partial charge is 0.496 e. The van der Waals surface area contributed by atoms with Gasteiger partial charge in [-0.3, -0.25) is 9.69 Å². The smallest absolute Gasteiger partial charge is 0.223 e. The molecule has 1 amide bonds. The summed E-state index contributed by atoms with van der Waals surface area (Å²) in [5.41, 5.74) is 2.33. The summed E-state index contributed by atoms with van der Waals surface area (Å²) < 4.78 is 5.47. The molecule has 0 radical (unpaired) electrons. The maximum atomic E-state index is 11.7. The van der Waals surface area contributed by atoms with Crippen LogP contribution in [0.5, 0.6) is 5.75 Å². The van der Waals surface area contributed by atoms with E-state index in [2.05, 4.69) is 29.3 Å². The van der Waals surface area contributed by atoms with Crippen molar-refractivity contribution in [3.63, 3.8) is 0 Å². The number of aliphatic hydroxyl groups excluding tert-OH is 1. The Balaban J connectivity index is 1.50. The Morgan fingerprint density at radius 1 is 1.38 bits per heavy atom. The molecule has 0 aromatic heterocycles. The van der Waals surface area contributed by atoms with E-state index in [-0.39, 0.29) is 17.7 Å². The SMILES string of the molecule is COc1cc(C)ccc1CN1CC[C@@H](CNC(=O)C2CC2)[C@H](O)C1. The van der Waals surface area contributed by atoms with Gasteiger partial charge in [0.1, 0.15) is 5.75 Å². The highest BCUT2D eigenvalue weighted by Gasteiger charge is 2.32. The van der Waals surface area contributed by atoms with Gasteiger partial charge < -0.3 is 15.2 Å². The second-order valence-electron chi connectivity index (χ2n) is 7.19. The number of hydrogen-bond acceptors (Lipinski definition) is 4. The Morgan fingerprint density at radius 2 is 2.17 bits per heavy atom. The Kier molecular flexibility index (Phi) is 5.41. The van der Waals surface area contributed by atoms with Crippen LogP contribution in [0.25, 0.3) is 0 Å². The Labute approximate surface area is 144 Å². The highest BCUT2D eigenvalue weighted by Crippen LogP contribution is 2.29. The number of methoxy groups -OCH3 is 1. The first-order chi connectivity index (χ1) is 11.6. The van der Waals surface area contributed by atoms with E-state index in [0.29, 0.717) is 13.1 Å². The fourth-order valence-electron chi connectivity index (χ4n) is 3.37. The third-order valence-corrected chi connectivity index (χ3v) is 5.13. The van der Waals surface area contributed by atoms with Gasteiger partial charge in [-0.2, -0.15) is 0 Å². The van der Waals surface area contributed by atoms with Crippen molar-refractivity contribution in [1.82, 2.24) is 10.2 Å². The molecular formula is C19H28N2O3. The number of hydrogen-bond donors (Lipinski definition) is 2. The second-order valence-corrected chi connectivity index (χ2v) is 7.19. The number of nitrogens with one attached hydrogen (secondary N) is 1. The molecule has 2 atom stereocenters. The van der Waals surface area contributed by atoms with Crippen molar-refractivity contribution in [3.05, 3.63) is 29.3 Å². The summed E-state index contributed by atoms with van der Waals surface area (Å²) in [6, 6.07) is 6.24. The minimum Gasteiger partial charge on any atom is -0.496 e. The molecule has 1 aromatic carbocycles. The lowest BCUT2D eigenvalue weighted by atomic mass is 9.93. The molecule has 1 aliphatic carbocycles. The summed E-state index contributed by atoms with van der Waals surface area (Å²) in [5.74, 6) is 1.46. The van der Waals surface area contributed by atoms with Gasteiger partial charge in [0, 0.05) is 37.0 Å². The summed E-state index contributed by atoms with van der Waals surface area (Å²) in [6.45, 7) is 5.00. The molecule has 132 valence electrons. The first-order valence-electron chi connectivity index (χ1n) is 8.88. The predicted octanol–water partition coefficient (Wildman–Crippen LogP) is 1.71. The fraction of sp³-hybridized carbons (Fsp3) is 0.632. The molecule has 1 aromatic rings. The molecule has 1 saturated carbocycles. The van der Waals surface area contributed by atoms with Gasteiger partial charge in [-0.05, 0) is 44.4 Å². The first-order valence-corrected chi connectivity index (χ1v) is 8.88. The molecule has 5 heteroatoms. The second kappa shape index (κ2) is 7.53. The normalized spacial score (nSPS) is 24.6. The van der Waals surface area contributed by atoms with Gasteiger partial charge in [-0.15, -0.1) is 0 Å². The molecule has 1 aliphatic heterocycles. The number of carbonyl (C=O) groups is 1. The van der Waals surface area contributed by atoms with E-state index >= 15 is 0 Å². The van der Waals surface area contributed by atoms with Crippen LogP contribution in [0.1, 0.15) is 30.4 Å². The van der Waals surface area contributed by atoms with Crippen molar-refractivity contribution in [3.8, 4) is 5.75 Å². The average molecular weight is 332 g/mol. The van der Waals surface area contributed by atoms with Gasteiger partial charge in [0.25, 0.3) is 0 Å². The van der Waals surface area contributed by atoms with Crippen molar-refractivity contribution < 1.29 is 14.6 Å². The van der Waals surface area contributed by atoms with E-state index in [1.807, 2.05) is 6.07 Å². The van der Waals surface area contributed by atoms with Gasteiger partial charge in [0.2, 0.25) is 5.91 Å². The first kappa shape index (κ1) is 17.2. The lowest BCUT2D eigenvalue weighted by Crippen LogP contribution is -2.47. The molecule has 2 fully saturated rings. The third-order valence-electron chi connectivity index (χ3n) is 5.13. The number of rotatable bonds is 6. The number of β-amino-alcohol motifs (C(OH)–C–C–N with tert-alkyl or cyclic N) is 1. The molecular weight excluding hydrogens is 304 g/mol. The van der Waals surface area contributed by atoms with Crippen LogP contribution in [0.3, 0.4) is 0 Å². The minimum absolute atomic E-state index is 0.156. The van der Waals surface area contributed by atoms with E-state index in [1.54, 1.807) is 7.11 Å². The molecule has 0 spiro atoms. The maximum absolute atomic E-state index is 11.7. The predicted molar refractivity (Wildman–Crippen MR) is 92.9 cm³/mol. The Bertz CT molecular complexity index is 586. The van der Waals surface area contributed by atoms with Crippen LogP contribution in [-0.2, 0) is 11.3 Å². The average Bonchev–Trinajstić information content (AvgIpc) is 3.40. The van der Waals surface area contributed by atoms with Crippen LogP contribution in [0.15, 0.2) is 18.2 Å². The molecule has 0 bridgehead atoms. The Hall–Kier alpha value is -1.59. The number of benzene rings is 1. The van der Waals surface area contributed by atoms with Gasteiger partial charge in [-0.1, -0.05) is 12.1 Å². The van der Waals surface area contributed by atoms with Gasteiger partial charge >= 0.3 is 0 Å². The zero-order chi connectivity index (χ0) is 17.1. The quantitative estimate of drug-likeness (QED) is 0.833. The van der Waals surface area contributed by atoms with Crippen LogP contribution in [-0.4, -0.2) is 48.8 Å². The van der Waals surface area contributed by atoms with Crippen molar-refractivity contribution in [1.29, 1.82) is 0 Å². The van der Waals surface area contributed by atoms with E-state index in [4.69, 9.17) is 4.74 Å². The highest BCUT2D eigenvalue weighted by molar-refractivity contribution is 5.80. The van der Waals surface area contributed by atoms with E-state index in [0.717, 1.165) is 43.7 Å². The molecule has 2 N–H and O–H groups in total. The summed E-state index contributed by atoms with van der Waals surface area (Å²) >= 11 is 0. The van der Waals surface area contributed by atoms with Crippen LogP contribution in [0.4, 0.5) is 0 Å². The number of aliphatic hydroxyl groups is 1. The summed E-state index contributed by atoms with van der Waals surface area (Å²) in [6.07, 6.45) is 2.55. The number of aryl methyl sites for hydroxylation is 1. The summed E-state index contributed by atoms with van der Waals surface area (Å²) in [4.78, 5) is 14.0. The van der Waals surface area contributed by atoms with Crippen molar-refractivity contribution in [2.75, 3.05) is 26.7 Å². The number of carbonyl (C=O) groups excluding carboxylic acids is 1. The van der Waals surface area contributed by atoms with E-state index in [1.165, 1.54) is 5.56 Å². The maximum Gasteiger partial charge on any atom is 0.223 e. The minimum atomic E-state index is -0.394. The van der Waals surface area contributed by atoms with E-state index < -0.39 is 6.10 Å². The number of amides is 1. The number of likely N-dealkylation sites (tertiary alicyclic amines) is 1. The van der Waals surface area contributed by atoms with Crippen molar-refractivity contribution >= 4 is 5.91 Å². The van der Waals surface area contributed by atoms with E-state index in [9.17, 15) is 9.90 Å². The molecule has 5 nitrogen and oxygen atoms in total. The van der Waals surface area contributed by atoms with Gasteiger partial charge in [-0.25, -0.2) is 0 Å². The lowest BCUT2D eigenvalue weighted by molar-refractivity contribution is -0.122. The van der Waals surface area contributed by atoms with Crippen molar-refractivity contribution in [2.45, 2.75) is 38.8 Å². The standard InChI is InChI=1S/C19H28N2O3/c1-13-3-4-16(18(9-13)24-2)11-21-8-7-15(17(22)12-21)10-20-19(23)14-5-6-14/h3-4,9,14-15,17,22H,5-8,10-12H2,1-2H3,(H,20,23)/t15-,17+/m0/s1. The van der Waals surface area contributed by atoms with Gasteiger partial charge in [0.15, 0.2) is 0 Å². The van der Waals surface area contributed by atoms with Crippen LogP contribution in [0.2, 0.25) is 0 Å². The fourth-order valence-corrected chi connectivity index (χ4v) is 3.37. The molecule has 24 heavy (non-hydrogen) atoms. The lowest BCUT2D eigenvalue weighted by Gasteiger charge is -2.36. The highest BCUT2D eigenvalue weighted by atomic mass is 16.5. The monoisotopic (exact) mass is 332 g/mol. The van der Waals surface area contributed by atoms with Crippen LogP contribution >= 0.6 is 0 Å². The summed E-state index contributed by atoms with van der Waals surface area (Å²) in [5, 5.41) is 13.4. The molecule has 1 heterocycles. The summed E-state index contributed by atoms with van der Waals surface area (Å²) in [7, 11) is 1.70. The molecule has 3 rings (SSSR count).